The zero-order valence-electron chi connectivity index (χ0n) is 19.9. The first-order chi connectivity index (χ1) is 17.0. The number of ether oxygens (including phenoxy) is 1. The van der Waals surface area contributed by atoms with Gasteiger partial charge < -0.3 is 14.5 Å². The molecular formula is C24H25ClN4O5S2. The van der Waals surface area contributed by atoms with Gasteiger partial charge in [0.1, 0.15) is 16.1 Å². The Hall–Kier alpha value is -2.99. The number of nitrogens with zero attached hydrogens (tertiary/aromatic N) is 3. The molecule has 0 aliphatic carbocycles. The second-order valence-corrected chi connectivity index (χ2v) is 12.2. The number of carbonyl (C=O) groups excluding carboxylic acids is 2. The summed E-state index contributed by atoms with van der Waals surface area (Å²) in [6.45, 7) is -0.178. The topological polar surface area (TPSA) is 111 Å². The summed E-state index contributed by atoms with van der Waals surface area (Å²) in [7, 11) is 0.798. The molecule has 0 radical (unpaired) electrons. The number of methoxy groups -OCH3 is 1. The molecule has 2 aromatic carbocycles. The van der Waals surface area contributed by atoms with Crippen LogP contribution in [-0.4, -0.2) is 87.1 Å². The molecule has 1 aliphatic rings. The van der Waals surface area contributed by atoms with E-state index in [1.165, 1.54) is 16.3 Å². The number of sulfonamides is 1. The molecule has 0 spiro atoms. The molecule has 9 nitrogen and oxygen atoms in total. The van der Waals surface area contributed by atoms with Crippen LogP contribution >= 0.6 is 22.9 Å². The first kappa shape index (κ1) is 26.1. The molecule has 1 aliphatic heterocycles. The average molecular weight is 549 g/mol. The predicted molar refractivity (Wildman–Crippen MR) is 139 cm³/mol. The van der Waals surface area contributed by atoms with Crippen LogP contribution in [0.25, 0.3) is 10.1 Å². The van der Waals surface area contributed by atoms with E-state index in [1.807, 2.05) is 0 Å². The zero-order valence-corrected chi connectivity index (χ0v) is 22.3. The zero-order chi connectivity index (χ0) is 26.2. The fraction of sp³-hybridized carbons (Fsp3) is 0.292. The Kier molecular flexibility index (Phi) is 7.37. The van der Waals surface area contributed by atoms with Crippen molar-refractivity contribution in [2.24, 2.45) is 0 Å². The third-order valence-corrected chi connectivity index (χ3v) is 9.63. The SMILES string of the molecule is COC(=O)C1CN(S(=O)(=O)c2cc3ccc(Cl)cc3s2)CCN1C(=O)c1ccc(C(=N)N(C)C)cc1. The van der Waals surface area contributed by atoms with Crippen LogP contribution in [0, 0.1) is 5.41 Å². The van der Waals surface area contributed by atoms with Crippen LogP contribution in [0.4, 0.5) is 0 Å². The molecule has 4 rings (SSSR count). The smallest absolute Gasteiger partial charge is 0.329 e. The van der Waals surface area contributed by atoms with Crippen molar-refractivity contribution in [2.75, 3.05) is 40.8 Å². The Balaban J connectivity index is 1.58. The maximum absolute atomic E-state index is 13.4. The quantitative estimate of drug-likeness (QED) is 0.298. The highest BCUT2D eigenvalue weighted by molar-refractivity contribution is 7.91. The number of thiophene rings is 1. The van der Waals surface area contributed by atoms with Crippen LogP contribution in [0.2, 0.25) is 5.02 Å². The monoisotopic (exact) mass is 548 g/mol. The number of amides is 1. The fourth-order valence-electron chi connectivity index (χ4n) is 3.99. The molecule has 1 amide bonds. The molecule has 12 heteroatoms. The van der Waals surface area contributed by atoms with Crippen molar-refractivity contribution in [3.63, 3.8) is 0 Å². The van der Waals surface area contributed by atoms with E-state index in [0.717, 1.165) is 21.4 Å². The number of nitrogens with one attached hydrogen (secondary N) is 1. The summed E-state index contributed by atoms with van der Waals surface area (Å²) < 4.78 is 33.9. The minimum absolute atomic E-state index is 0.0177. The summed E-state index contributed by atoms with van der Waals surface area (Å²) in [5.41, 5.74) is 0.971. The molecule has 1 N–H and O–H groups in total. The second kappa shape index (κ2) is 10.2. The Morgan fingerprint density at radius 3 is 2.39 bits per heavy atom. The Morgan fingerprint density at radius 1 is 1.08 bits per heavy atom. The fourth-order valence-corrected chi connectivity index (χ4v) is 7.25. The summed E-state index contributed by atoms with van der Waals surface area (Å²) in [4.78, 5) is 28.9. The molecular weight excluding hydrogens is 524 g/mol. The van der Waals surface area contributed by atoms with E-state index in [2.05, 4.69) is 0 Å². The number of carbonyl (C=O) groups is 2. The van der Waals surface area contributed by atoms with Gasteiger partial charge in [-0.1, -0.05) is 29.8 Å². The second-order valence-electron chi connectivity index (χ2n) is 8.47. The Bertz CT molecular complexity index is 1440. The Morgan fingerprint density at radius 2 is 1.75 bits per heavy atom. The number of rotatable bonds is 5. The van der Waals surface area contributed by atoms with Gasteiger partial charge >= 0.3 is 5.97 Å². The van der Waals surface area contributed by atoms with Gasteiger partial charge in [0.2, 0.25) is 0 Å². The molecule has 0 bridgehead atoms. The van der Waals surface area contributed by atoms with Crippen LogP contribution in [0.5, 0.6) is 0 Å². The molecule has 1 atom stereocenters. The van der Waals surface area contributed by atoms with E-state index in [0.29, 0.717) is 22.0 Å². The largest absolute Gasteiger partial charge is 0.467 e. The highest BCUT2D eigenvalue weighted by Crippen LogP contribution is 2.33. The van der Waals surface area contributed by atoms with Crippen LogP contribution in [0.15, 0.2) is 52.7 Å². The number of piperazine rings is 1. The molecule has 1 fully saturated rings. The van der Waals surface area contributed by atoms with Gasteiger partial charge in [0.05, 0.1) is 7.11 Å². The number of hydrogen-bond donors (Lipinski definition) is 1. The van der Waals surface area contributed by atoms with E-state index in [9.17, 15) is 18.0 Å². The van der Waals surface area contributed by atoms with Gasteiger partial charge in [0.15, 0.2) is 0 Å². The van der Waals surface area contributed by atoms with Gasteiger partial charge in [-0.25, -0.2) is 13.2 Å². The average Bonchev–Trinajstić information content (AvgIpc) is 3.31. The van der Waals surface area contributed by atoms with Crippen molar-refractivity contribution in [3.8, 4) is 0 Å². The first-order valence-corrected chi connectivity index (χ1v) is 13.6. The maximum Gasteiger partial charge on any atom is 0.329 e. The minimum Gasteiger partial charge on any atom is -0.467 e. The van der Waals surface area contributed by atoms with Crippen molar-refractivity contribution >= 4 is 60.8 Å². The van der Waals surface area contributed by atoms with Crippen LogP contribution in [-0.2, 0) is 19.6 Å². The number of halogens is 1. The van der Waals surface area contributed by atoms with E-state index < -0.39 is 27.9 Å². The van der Waals surface area contributed by atoms with Crippen LogP contribution < -0.4 is 0 Å². The third kappa shape index (κ3) is 4.96. The summed E-state index contributed by atoms with van der Waals surface area (Å²) >= 11 is 7.15. The van der Waals surface area contributed by atoms with E-state index in [4.69, 9.17) is 21.7 Å². The normalized spacial score (nSPS) is 16.7. The van der Waals surface area contributed by atoms with Gasteiger partial charge in [0, 0.05) is 54.6 Å². The summed E-state index contributed by atoms with van der Waals surface area (Å²) in [5, 5.41) is 9.34. The van der Waals surface area contributed by atoms with E-state index in [-0.39, 0.29) is 23.8 Å². The molecule has 36 heavy (non-hydrogen) atoms. The highest BCUT2D eigenvalue weighted by Gasteiger charge is 2.41. The number of fused-ring (bicyclic) bond motifs is 1. The van der Waals surface area contributed by atoms with Crippen molar-refractivity contribution in [3.05, 3.63) is 64.7 Å². The van der Waals surface area contributed by atoms with Gasteiger partial charge in [0.25, 0.3) is 15.9 Å². The summed E-state index contributed by atoms with van der Waals surface area (Å²) in [6.07, 6.45) is 0. The van der Waals surface area contributed by atoms with Crippen molar-refractivity contribution in [2.45, 2.75) is 10.3 Å². The molecule has 1 saturated heterocycles. The lowest BCUT2D eigenvalue weighted by Gasteiger charge is -2.39. The molecule has 1 unspecified atom stereocenters. The highest BCUT2D eigenvalue weighted by atomic mass is 35.5. The molecule has 2 heterocycles. The van der Waals surface area contributed by atoms with Crippen LogP contribution in [0.1, 0.15) is 15.9 Å². The van der Waals surface area contributed by atoms with Crippen molar-refractivity contribution < 1.29 is 22.7 Å². The van der Waals surface area contributed by atoms with E-state index >= 15 is 0 Å². The van der Waals surface area contributed by atoms with Crippen molar-refractivity contribution in [1.29, 1.82) is 5.41 Å². The Labute approximate surface area is 218 Å². The number of benzene rings is 2. The maximum atomic E-state index is 13.4. The third-order valence-electron chi connectivity index (χ3n) is 5.98. The van der Waals surface area contributed by atoms with E-state index in [1.54, 1.807) is 67.5 Å². The first-order valence-electron chi connectivity index (χ1n) is 11.0. The van der Waals surface area contributed by atoms with Gasteiger partial charge in [-0.15, -0.1) is 11.3 Å². The van der Waals surface area contributed by atoms with Crippen molar-refractivity contribution in [1.82, 2.24) is 14.1 Å². The molecule has 190 valence electrons. The lowest BCUT2D eigenvalue weighted by atomic mass is 10.1. The van der Waals surface area contributed by atoms with Gasteiger partial charge in [-0.2, -0.15) is 4.31 Å². The predicted octanol–water partition coefficient (Wildman–Crippen LogP) is 3.13. The van der Waals surface area contributed by atoms with Gasteiger partial charge in [-0.05, 0) is 35.7 Å². The lowest BCUT2D eigenvalue weighted by Crippen LogP contribution is -2.59. The standard InChI is InChI=1S/C24H25ClN4O5S2/c1-27(2)22(26)15-4-6-16(7-5-15)23(30)29-11-10-28(14-19(29)24(31)34-3)36(32,33)21-12-17-8-9-18(25)13-20(17)35-21/h4-9,12-13,19,26H,10-11,14H2,1-3H3. The minimum atomic E-state index is -3.91. The van der Waals surface area contributed by atoms with Gasteiger partial charge in [-0.3, -0.25) is 10.2 Å². The lowest BCUT2D eigenvalue weighted by molar-refractivity contribution is -0.147. The number of hydrogen-bond acceptors (Lipinski definition) is 7. The van der Waals surface area contributed by atoms with Crippen LogP contribution in [0.3, 0.4) is 0 Å². The number of esters is 1. The summed E-state index contributed by atoms with van der Waals surface area (Å²) in [5.74, 6) is -0.817. The molecule has 0 saturated carbocycles. The summed E-state index contributed by atoms with van der Waals surface area (Å²) in [6, 6.07) is 12.2. The molecule has 3 aromatic rings. The number of amidine groups is 1. The molecule has 1 aromatic heterocycles.